The van der Waals surface area contributed by atoms with Crippen molar-refractivity contribution in [3.8, 4) is 0 Å². The van der Waals surface area contributed by atoms with Gasteiger partial charge >= 0.3 is 5.97 Å². The zero-order valence-corrected chi connectivity index (χ0v) is 27.4. The summed E-state index contributed by atoms with van der Waals surface area (Å²) in [7, 11) is 0. The summed E-state index contributed by atoms with van der Waals surface area (Å²) in [4.78, 5) is 79.4. The molecule has 1 aliphatic heterocycles. The molecule has 0 spiro atoms. The molecular weight excluding hydrogens is 620 g/mol. The van der Waals surface area contributed by atoms with Crippen LogP contribution in [0.2, 0.25) is 0 Å². The van der Waals surface area contributed by atoms with Crippen LogP contribution in [0, 0.1) is 5.92 Å². The van der Waals surface area contributed by atoms with Crippen molar-refractivity contribution >= 4 is 35.5 Å². The Balaban J connectivity index is 1.76. The van der Waals surface area contributed by atoms with Crippen LogP contribution in [0.5, 0.6) is 0 Å². The summed E-state index contributed by atoms with van der Waals surface area (Å²) in [5, 5.41) is 30.6. The molecule has 0 saturated carbocycles. The number of nitrogens with zero attached hydrogens (tertiary/aromatic N) is 1. The maximum atomic E-state index is 13.7. The Morgan fingerprint density at radius 1 is 0.771 bits per heavy atom. The molecule has 0 unspecified atom stereocenters. The van der Waals surface area contributed by atoms with Gasteiger partial charge in [-0.05, 0) is 36.8 Å². The third kappa shape index (κ3) is 10.6. The van der Waals surface area contributed by atoms with Gasteiger partial charge in [0.15, 0.2) is 0 Å². The predicted octanol–water partition coefficient (Wildman–Crippen LogP) is -0.518. The van der Waals surface area contributed by atoms with Gasteiger partial charge in [-0.1, -0.05) is 74.5 Å². The van der Waals surface area contributed by atoms with Crippen LogP contribution in [0.3, 0.4) is 0 Å². The first-order chi connectivity index (χ1) is 22.8. The lowest BCUT2D eigenvalue weighted by Gasteiger charge is -2.29. The molecule has 0 aromatic heterocycles. The second kappa shape index (κ2) is 17.9. The molecule has 48 heavy (non-hydrogen) atoms. The summed E-state index contributed by atoms with van der Waals surface area (Å²) in [6.07, 6.45) is -0.383. The molecule has 14 nitrogen and oxygen atoms in total. The van der Waals surface area contributed by atoms with E-state index in [-0.39, 0.29) is 25.3 Å². The fraction of sp³-hybridized carbons (Fsp3) is 0.471. The van der Waals surface area contributed by atoms with Gasteiger partial charge in [-0.2, -0.15) is 0 Å². The molecule has 0 radical (unpaired) electrons. The van der Waals surface area contributed by atoms with Gasteiger partial charge in [0.1, 0.15) is 30.2 Å². The van der Waals surface area contributed by atoms with Gasteiger partial charge < -0.3 is 42.1 Å². The number of nitrogens with one attached hydrogen (secondary N) is 4. The van der Waals surface area contributed by atoms with Gasteiger partial charge in [0.05, 0.1) is 12.6 Å². The Hall–Kier alpha value is -4.82. The molecule has 8 N–H and O–H groups in total. The number of carbonyl (C=O) groups excluding carboxylic acids is 5. The van der Waals surface area contributed by atoms with Crippen LogP contribution in [-0.2, 0) is 41.6 Å². The lowest BCUT2D eigenvalue weighted by atomic mass is 10.00. The molecular formula is C34H46N6O8. The number of aliphatic carboxylic acids is 1. The average Bonchev–Trinajstić information content (AvgIpc) is 3.56. The van der Waals surface area contributed by atoms with Crippen molar-refractivity contribution < 1.29 is 39.0 Å². The molecule has 14 heteroatoms. The van der Waals surface area contributed by atoms with Gasteiger partial charge in [0.2, 0.25) is 29.5 Å². The van der Waals surface area contributed by atoms with E-state index in [2.05, 4.69) is 21.3 Å². The molecule has 1 aliphatic rings. The summed E-state index contributed by atoms with van der Waals surface area (Å²) in [5.74, 6) is -5.11. The summed E-state index contributed by atoms with van der Waals surface area (Å²) in [5.41, 5.74) is 6.91. The standard InChI is InChI=1S/C34H46N6O8/c1-20(2)28(32(45)37-25(34(47)48)18-23-13-8-5-9-14-23)38-33(46)29(21(3)41)39-30(43)24(17-22-11-6-4-7-12-22)36-31(44)26-15-10-16-40(26)27(42)19-35/h4-9,11-14,20-21,24-26,28-29,41H,10,15-19,35H2,1-3H3,(H,36,44)(H,37,45)(H,38,46)(H,39,43)(H,47,48)/t21-,24+,25+,26+,28+,29+/m1/s1. The molecule has 2 aromatic rings. The summed E-state index contributed by atoms with van der Waals surface area (Å²) >= 11 is 0. The van der Waals surface area contributed by atoms with E-state index in [9.17, 15) is 39.0 Å². The number of hydrogen-bond acceptors (Lipinski definition) is 8. The third-order valence-electron chi connectivity index (χ3n) is 8.17. The van der Waals surface area contributed by atoms with Crippen molar-refractivity contribution in [1.82, 2.24) is 26.2 Å². The number of aliphatic hydroxyl groups is 1. The second-order valence-corrected chi connectivity index (χ2v) is 12.2. The Morgan fingerprint density at radius 2 is 1.29 bits per heavy atom. The summed E-state index contributed by atoms with van der Waals surface area (Å²) < 4.78 is 0. The number of carboxylic acids is 1. The van der Waals surface area contributed by atoms with E-state index >= 15 is 0 Å². The number of amides is 5. The molecule has 260 valence electrons. The van der Waals surface area contributed by atoms with Crippen molar-refractivity contribution in [1.29, 1.82) is 0 Å². The number of carboxylic acid groups (broad SMARTS) is 1. The quantitative estimate of drug-likeness (QED) is 0.122. The van der Waals surface area contributed by atoms with E-state index in [0.717, 1.165) is 0 Å². The molecule has 6 atom stereocenters. The zero-order valence-electron chi connectivity index (χ0n) is 27.4. The smallest absolute Gasteiger partial charge is 0.326 e. The Labute approximate surface area is 279 Å². The van der Waals surface area contributed by atoms with Gasteiger partial charge in [0.25, 0.3) is 0 Å². The van der Waals surface area contributed by atoms with Crippen LogP contribution < -0.4 is 27.0 Å². The third-order valence-corrected chi connectivity index (χ3v) is 8.17. The first-order valence-corrected chi connectivity index (χ1v) is 16.0. The molecule has 3 rings (SSSR count). The lowest BCUT2D eigenvalue weighted by molar-refractivity contribution is -0.142. The molecule has 1 fully saturated rings. The minimum Gasteiger partial charge on any atom is -0.480 e. The van der Waals surface area contributed by atoms with Crippen LogP contribution in [-0.4, -0.2) is 100 Å². The number of benzene rings is 2. The van der Waals surface area contributed by atoms with Crippen molar-refractivity contribution in [2.45, 2.75) is 82.8 Å². The highest BCUT2D eigenvalue weighted by molar-refractivity contribution is 5.96. The highest BCUT2D eigenvalue weighted by atomic mass is 16.4. The highest BCUT2D eigenvalue weighted by Crippen LogP contribution is 2.18. The predicted molar refractivity (Wildman–Crippen MR) is 176 cm³/mol. The van der Waals surface area contributed by atoms with Gasteiger partial charge in [0, 0.05) is 19.4 Å². The first kappa shape index (κ1) is 37.6. The van der Waals surface area contributed by atoms with Gasteiger partial charge in [-0.15, -0.1) is 0 Å². The maximum Gasteiger partial charge on any atom is 0.326 e. The molecule has 1 heterocycles. The molecule has 1 saturated heterocycles. The number of carbonyl (C=O) groups is 6. The SMILES string of the molecule is CC(C)[C@H](NC(=O)[C@@H](NC(=O)[C@H](Cc1ccccc1)NC(=O)[C@@H]1CCCN1C(=O)CN)[C@@H](C)O)C(=O)N[C@@H](Cc1ccccc1)C(=O)O. The second-order valence-electron chi connectivity index (χ2n) is 12.2. The molecule has 0 aliphatic carbocycles. The number of nitrogens with two attached hydrogens (primary N) is 1. The van der Waals surface area contributed by atoms with Crippen molar-refractivity contribution in [3.63, 3.8) is 0 Å². The molecule has 5 amide bonds. The van der Waals surface area contributed by atoms with E-state index < -0.39 is 71.8 Å². The van der Waals surface area contributed by atoms with E-state index in [4.69, 9.17) is 5.73 Å². The Bertz CT molecular complexity index is 1420. The molecule has 0 bridgehead atoms. The Morgan fingerprint density at radius 3 is 1.79 bits per heavy atom. The van der Waals surface area contributed by atoms with Gasteiger partial charge in [-0.25, -0.2) is 4.79 Å². The summed E-state index contributed by atoms with van der Waals surface area (Å²) in [6, 6.07) is 11.6. The van der Waals surface area contributed by atoms with Crippen LogP contribution >= 0.6 is 0 Å². The topological polar surface area (TPSA) is 220 Å². The first-order valence-electron chi connectivity index (χ1n) is 16.0. The van der Waals surface area contributed by atoms with E-state index in [1.807, 2.05) is 0 Å². The number of rotatable bonds is 16. The van der Waals surface area contributed by atoms with Crippen molar-refractivity contribution in [3.05, 3.63) is 71.8 Å². The van der Waals surface area contributed by atoms with E-state index in [1.54, 1.807) is 74.5 Å². The van der Waals surface area contributed by atoms with Gasteiger partial charge in [-0.3, -0.25) is 24.0 Å². The minimum atomic E-state index is -1.54. The fourth-order valence-corrected chi connectivity index (χ4v) is 5.53. The van der Waals surface area contributed by atoms with E-state index in [1.165, 1.54) is 11.8 Å². The van der Waals surface area contributed by atoms with Crippen LogP contribution in [0.1, 0.15) is 44.7 Å². The minimum absolute atomic E-state index is 0.0144. The Kier molecular flexibility index (Phi) is 14.1. The van der Waals surface area contributed by atoms with Crippen LogP contribution in [0.15, 0.2) is 60.7 Å². The lowest BCUT2D eigenvalue weighted by Crippen LogP contribution is -2.62. The fourth-order valence-electron chi connectivity index (χ4n) is 5.53. The average molecular weight is 667 g/mol. The van der Waals surface area contributed by atoms with Crippen molar-refractivity contribution in [2.24, 2.45) is 11.7 Å². The largest absolute Gasteiger partial charge is 0.480 e. The van der Waals surface area contributed by atoms with Crippen molar-refractivity contribution in [2.75, 3.05) is 13.1 Å². The monoisotopic (exact) mass is 666 g/mol. The molecule has 2 aromatic carbocycles. The maximum absolute atomic E-state index is 13.7. The normalized spacial score (nSPS) is 17.4. The summed E-state index contributed by atoms with van der Waals surface area (Å²) in [6.45, 7) is 4.69. The number of likely N-dealkylation sites (tertiary alicyclic amines) is 1. The van der Waals surface area contributed by atoms with E-state index in [0.29, 0.717) is 30.5 Å². The number of hydrogen-bond donors (Lipinski definition) is 7. The van der Waals surface area contributed by atoms with Crippen LogP contribution in [0.25, 0.3) is 0 Å². The highest BCUT2D eigenvalue weighted by Gasteiger charge is 2.37. The zero-order chi connectivity index (χ0) is 35.4. The van der Waals surface area contributed by atoms with Crippen LogP contribution in [0.4, 0.5) is 0 Å². The number of aliphatic hydroxyl groups excluding tert-OH is 1.